The molecule has 4 nitrogen and oxygen atoms in total. The number of pyridine rings is 1. The van der Waals surface area contributed by atoms with Crippen molar-refractivity contribution in [1.82, 2.24) is 9.88 Å². The Bertz CT molecular complexity index is 782. The number of rotatable bonds is 4. The van der Waals surface area contributed by atoms with Crippen molar-refractivity contribution in [2.24, 2.45) is 0 Å². The minimum Gasteiger partial charge on any atom is -0.481 e. The number of nitrogens with one attached hydrogen (secondary N) is 1. The maximum atomic E-state index is 5.28. The van der Waals surface area contributed by atoms with Crippen molar-refractivity contribution < 1.29 is 6.16 Å². The lowest BCUT2D eigenvalue weighted by Crippen LogP contribution is -2.35. The largest absolute Gasteiger partial charge is 0.481 e. The van der Waals surface area contributed by atoms with Gasteiger partial charge in [-0.25, -0.2) is 4.98 Å². The molecule has 1 fully saturated rings. The highest BCUT2D eigenvalue weighted by atomic mass is 16.5. The zero-order valence-corrected chi connectivity index (χ0v) is 15.4. The fourth-order valence-electron chi connectivity index (χ4n) is 4.40. The van der Waals surface area contributed by atoms with E-state index in [-0.39, 0.29) is 14.3 Å². The topological polar surface area (TPSA) is 37.4 Å². The molecule has 1 aromatic carbocycles. The van der Waals surface area contributed by atoms with Crippen LogP contribution in [-0.2, 0) is 5.41 Å². The van der Waals surface area contributed by atoms with Crippen LogP contribution < -0.4 is 10.1 Å². The lowest BCUT2D eigenvalue weighted by atomic mass is 9.77. The normalized spacial score (nSPS) is 24.7. The second kappa shape index (κ2) is 7.28. The molecule has 2 aromatic rings. The van der Waals surface area contributed by atoms with E-state index in [1.54, 1.807) is 7.11 Å². The summed E-state index contributed by atoms with van der Waals surface area (Å²) in [6.07, 6.45) is 5.68. The standard InChI is InChI=1S/C21H27N3O.CH4.H2/c1-21(13-17-5-4-10-24(17)2)14-23-19-7-6-15(11-18(19)21)16-8-9-22-20(12-16)25-3;;/h6-9,11-12,17,23H,4-5,10,13-14H2,1-3H3;1H4;1H/t17-,21?;;/m1../s1. The summed E-state index contributed by atoms with van der Waals surface area (Å²) in [6.45, 7) is 4.67. The maximum absolute atomic E-state index is 5.28. The van der Waals surface area contributed by atoms with Gasteiger partial charge in [0, 0.05) is 37.4 Å². The molecule has 26 heavy (non-hydrogen) atoms. The summed E-state index contributed by atoms with van der Waals surface area (Å²) in [5, 5.41) is 3.63. The molecule has 2 aliphatic heterocycles. The summed E-state index contributed by atoms with van der Waals surface area (Å²) < 4.78 is 5.28. The minimum atomic E-state index is 0. The second-order valence-corrected chi connectivity index (χ2v) is 7.74. The van der Waals surface area contributed by atoms with Gasteiger partial charge in [0.25, 0.3) is 0 Å². The Morgan fingerprint density at radius 1 is 1.31 bits per heavy atom. The van der Waals surface area contributed by atoms with Gasteiger partial charge in [0.15, 0.2) is 0 Å². The van der Waals surface area contributed by atoms with Crippen LogP contribution in [0.5, 0.6) is 5.88 Å². The van der Waals surface area contributed by atoms with E-state index in [1.165, 1.54) is 42.6 Å². The first-order valence-corrected chi connectivity index (χ1v) is 9.18. The number of methoxy groups -OCH3 is 1. The number of nitrogens with zero attached hydrogens (tertiary/aromatic N) is 2. The van der Waals surface area contributed by atoms with Crippen LogP contribution >= 0.6 is 0 Å². The Morgan fingerprint density at radius 3 is 2.85 bits per heavy atom. The Hall–Kier alpha value is -2.07. The van der Waals surface area contributed by atoms with Crippen molar-refractivity contribution in [1.29, 1.82) is 0 Å². The first-order valence-electron chi connectivity index (χ1n) is 9.18. The van der Waals surface area contributed by atoms with Gasteiger partial charge in [0.2, 0.25) is 5.88 Å². The van der Waals surface area contributed by atoms with Crippen molar-refractivity contribution in [2.75, 3.05) is 32.6 Å². The Balaban J connectivity index is 0.00000131. The highest BCUT2D eigenvalue weighted by Gasteiger charge is 2.38. The van der Waals surface area contributed by atoms with E-state index in [0.717, 1.165) is 12.1 Å². The fraction of sp³-hybridized carbons (Fsp3) is 0.500. The SMILES string of the molecule is C.COc1cc(-c2ccc3c(c2)C(C)(C[C@H]2CCCN2C)CN3)ccn1.[HH]. The molecule has 2 aliphatic rings. The summed E-state index contributed by atoms with van der Waals surface area (Å²) in [5.74, 6) is 0.659. The van der Waals surface area contributed by atoms with Gasteiger partial charge in [0.1, 0.15) is 0 Å². The quantitative estimate of drug-likeness (QED) is 0.854. The molecule has 0 spiro atoms. The Kier molecular flexibility index (Phi) is 5.24. The number of hydrogen-bond acceptors (Lipinski definition) is 4. The van der Waals surface area contributed by atoms with Gasteiger partial charge < -0.3 is 15.0 Å². The summed E-state index contributed by atoms with van der Waals surface area (Å²) in [6, 6.07) is 11.5. The molecule has 0 radical (unpaired) electrons. The molecule has 4 heteroatoms. The van der Waals surface area contributed by atoms with Crippen molar-refractivity contribution in [3.8, 4) is 17.0 Å². The Labute approximate surface area is 159 Å². The molecule has 0 amide bonds. The average molecular weight is 356 g/mol. The summed E-state index contributed by atoms with van der Waals surface area (Å²) in [4.78, 5) is 6.75. The van der Waals surface area contributed by atoms with E-state index in [2.05, 4.69) is 53.4 Å². The van der Waals surface area contributed by atoms with E-state index in [1.807, 2.05) is 12.3 Å². The van der Waals surface area contributed by atoms with Crippen LogP contribution in [0.15, 0.2) is 36.5 Å². The smallest absolute Gasteiger partial charge is 0.213 e. The van der Waals surface area contributed by atoms with Crippen molar-refractivity contribution in [3.63, 3.8) is 0 Å². The number of fused-ring (bicyclic) bond motifs is 1. The van der Waals surface area contributed by atoms with Gasteiger partial charge in [-0.05, 0) is 67.7 Å². The Morgan fingerprint density at radius 2 is 2.12 bits per heavy atom. The van der Waals surface area contributed by atoms with Crippen molar-refractivity contribution in [2.45, 2.75) is 45.1 Å². The van der Waals surface area contributed by atoms with Gasteiger partial charge >= 0.3 is 0 Å². The number of benzene rings is 1. The van der Waals surface area contributed by atoms with E-state index in [0.29, 0.717) is 11.9 Å². The van der Waals surface area contributed by atoms with Gasteiger partial charge in [-0.1, -0.05) is 20.4 Å². The molecule has 0 aliphatic carbocycles. The van der Waals surface area contributed by atoms with Crippen LogP contribution in [0.1, 0.15) is 40.6 Å². The molecular formula is C22H33N3O. The lowest BCUT2D eigenvalue weighted by Gasteiger charge is -2.31. The number of aromatic nitrogens is 1. The van der Waals surface area contributed by atoms with Crippen molar-refractivity contribution in [3.05, 3.63) is 42.1 Å². The molecule has 1 N–H and O–H groups in total. The molecule has 1 aromatic heterocycles. The highest BCUT2D eigenvalue weighted by Crippen LogP contribution is 2.43. The lowest BCUT2D eigenvalue weighted by molar-refractivity contribution is 0.254. The van der Waals surface area contributed by atoms with Gasteiger partial charge in [-0.3, -0.25) is 0 Å². The molecule has 0 saturated carbocycles. The molecule has 2 atom stereocenters. The third-order valence-electron chi connectivity index (χ3n) is 5.97. The zero-order chi connectivity index (χ0) is 17.4. The summed E-state index contributed by atoms with van der Waals surface area (Å²) in [7, 11) is 3.93. The summed E-state index contributed by atoms with van der Waals surface area (Å²) >= 11 is 0. The van der Waals surface area contributed by atoms with Crippen LogP contribution in [0, 0.1) is 0 Å². The first-order chi connectivity index (χ1) is 12.1. The molecule has 4 rings (SSSR count). The van der Waals surface area contributed by atoms with Crippen LogP contribution in [0.3, 0.4) is 0 Å². The van der Waals surface area contributed by atoms with Crippen LogP contribution in [0.2, 0.25) is 0 Å². The van der Waals surface area contributed by atoms with Gasteiger partial charge in [-0.15, -0.1) is 0 Å². The molecule has 1 unspecified atom stereocenters. The van der Waals surface area contributed by atoms with E-state index < -0.39 is 0 Å². The maximum Gasteiger partial charge on any atom is 0.213 e. The highest BCUT2D eigenvalue weighted by molar-refractivity contribution is 5.72. The summed E-state index contributed by atoms with van der Waals surface area (Å²) in [5.41, 5.74) is 5.30. The predicted molar refractivity (Wildman–Crippen MR) is 111 cm³/mol. The zero-order valence-electron chi connectivity index (χ0n) is 15.4. The van der Waals surface area contributed by atoms with Crippen molar-refractivity contribution >= 4 is 5.69 Å². The van der Waals surface area contributed by atoms with Gasteiger partial charge in [-0.2, -0.15) is 0 Å². The molecule has 1 saturated heterocycles. The van der Waals surface area contributed by atoms with Crippen LogP contribution in [0.4, 0.5) is 5.69 Å². The molecular weight excluding hydrogens is 322 g/mol. The van der Waals surface area contributed by atoms with E-state index in [4.69, 9.17) is 4.74 Å². The van der Waals surface area contributed by atoms with E-state index >= 15 is 0 Å². The molecule has 0 bridgehead atoms. The number of likely N-dealkylation sites (tertiary alicyclic amines) is 1. The molecule has 3 heterocycles. The third-order valence-corrected chi connectivity index (χ3v) is 5.97. The first kappa shape index (κ1) is 18.7. The number of anilines is 1. The molecule has 142 valence electrons. The van der Waals surface area contributed by atoms with Gasteiger partial charge in [0.05, 0.1) is 7.11 Å². The second-order valence-electron chi connectivity index (χ2n) is 7.74. The number of ether oxygens (including phenoxy) is 1. The third kappa shape index (κ3) is 3.30. The van der Waals surface area contributed by atoms with E-state index in [9.17, 15) is 0 Å². The number of hydrogen-bond donors (Lipinski definition) is 1. The average Bonchev–Trinajstić information content (AvgIpc) is 3.19. The fourth-order valence-corrected chi connectivity index (χ4v) is 4.40. The minimum absolute atomic E-state index is 0. The monoisotopic (exact) mass is 355 g/mol. The van der Waals surface area contributed by atoms with Crippen LogP contribution in [0.25, 0.3) is 11.1 Å². The predicted octanol–water partition coefficient (Wildman–Crippen LogP) is 4.81. The van der Waals surface area contributed by atoms with Crippen LogP contribution in [-0.4, -0.2) is 43.2 Å².